The van der Waals surface area contributed by atoms with E-state index in [2.05, 4.69) is 18.9 Å². The van der Waals surface area contributed by atoms with Gasteiger partial charge in [-0.1, -0.05) is 0 Å². The van der Waals surface area contributed by atoms with Gasteiger partial charge in [0.25, 0.3) is 0 Å². The summed E-state index contributed by atoms with van der Waals surface area (Å²) in [6.07, 6.45) is -28.1. The minimum absolute atomic E-state index is 2.40. The van der Waals surface area contributed by atoms with E-state index in [1.54, 1.807) is 0 Å². The Balaban J connectivity index is 1.15. The van der Waals surface area contributed by atoms with Gasteiger partial charge in [0.1, 0.15) is 0 Å². The molecule has 16 bridgehead atoms. The first kappa shape index (κ1) is 91.7. The van der Waals surface area contributed by atoms with E-state index in [1.807, 2.05) is 0 Å². The van der Waals surface area contributed by atoms with Gasteiger partial charge in [-0.3, -0.25) is 0 Å². The average Bonchev–Trinajstić information content (AvgIpc) is 0.606. The van der Waals surface area contributed by atoms with E-state index in [1.165, 1.54) is 0 Å². The van der Waals surface area contributed by atoms with Gasteiger partial charge in [0, 0.05) is 0 Å². The molecule has 16 fully saturated rings. The first-order valence-electron chi connectivity index (χ1n) is 29.1. The van der Waals surface area contributed by atoms with E-state index < -0.39 is 289 Å². The Morgan fingerprint density at radius 1 is 0.137 bits per heavy atom. The van der Waals surface area contributed by atoms with Crippen LogP contribution in [0.25, 0.3) is 0 Å². The molecule has 16 aliphatic rings. The molecule has 0 heterocycles. The van der Waals surface area contributed by atoms with Crippen molar-refractivity contribution in [1.29, 1.82) is 0 Å². The maximum atomic E-state index is 17.4. The highest BCUT2D eigenvalue weighted by molar-refractivity contribution is 5.59. The maximum Gasteiger partial charge on any atom is 0.339 e. The number of hydrogen-bond acceptors (Lipinski definition) is 8. The lowest BCUT2D eigenvalue weighted by molar-refractivity contribution is -0.618. The van der Waals surface area contributed by atoms with Gasteiger partial charge in [0.2, 0.25) is 0 Å². The van der Waals surface area contributed by atoms with Crippen LogP contribution >= 0.6 is 0 Å². The fourth-order valence-corrected chi connectivity index (χ4v) is 18.7. The maximum absolute atomic E-state index is 17.4. The SMILES string of the molecule is OC(COC1(F)C2(F)C(F)(F)C3(F)C(F)(F)C(F)(C2(F)F)C(F)(F)C1(F)C3(F)F)C(C(O)COC1(F)C2(F)C(F)(F)C3(F)C(F)(F)C(F)(C2(F)F)C(F)(F)C1(F)C3(F)F)(C(O)COC1(F)C2(F)C(F)(F)C3(F)C(F)(F)C(F)(C2(F)F)C(F)(F)C1(F)C3(F)F)C(O)COC1(F)C2(F)C(F)(F)C3(F)C(F)(F)C(F)(C2(F)F)C(F)(F)C1(F)C3(F)F. The Labute approximate surface area is 592 Å². The molecular weight excluding hydrogens is 1860 g/mol. The zero-order chi connectivity index (χ0) is 92.5. The van der Waals surface area contributed by atoms with Gasteiger partial charge in [-0.25, -0.2) is 87.8 Å². The summed E-state index contributed by atoms with van der Waals surface area (Å²) in [6, 6.07) is 0. The molecule has 16 saturated carbocycles. The van der Waals surface area contributed by atoms with E-state index in [4.69, 9.17) is 0 Å². The van der Waals surface area contributed by atoms with Crippen LogP contribution in [0.5, 0.6) is 0 Å². The second kappa shape index (κ2) is 19.9. The van der Waals surface area contributed by atoms with Gasteiger partial charge >= 0.3 is 233 Å². The molecular formula is C49H16F60O8. The molecule has 680 valence electrons. The van der Waals surface area contributed by atoms with Crippen LogP contribution in [0.4, 0.5) is 263 Å². The van der Waals surface area contributed by atoms with Crippen LogP contribution in [0.2, 0.25) is 0 Å². The number of halogens is 60. The lowest BCUT2D eigenvalue weighted by atomic mass is 9.40. The Morgan fingerprint density at radius 2 is 0.205 bits per heavy atom. The van der Waals surface area contributed by atoms with Crippen molar-refractivity contribution in [2.75, 3.05) is 26.4 Å². The van der Waals surface area contributed by atoms with E-state index >= 15 is 263 Å². The topological polar surface area (TPSA) is 118 Å². The Hall–Kier alpha value is -4.52. The van der Waals surface area contributed by atoms with E-state index in [9.17, 15) is 20.4 Å². The number of aliphatic hydroxyl groups excluding tert-OH is 4. The second-order valence-corrected chi connectivity index (χ2v) is 28.7. The highest BCUT2D eigenvalue weighted by Crippen LogP contribution is 2.95. The van der Waals surface area contributed by atoms with Crippen molar-refractivity contribution in [2.45, 2.75) is 257 Å². The fraction of sp³-hybridized carbons (Fsp3) is 1.00. The number of aliphatic hydroxyl groups is 4. The molecule has 16 aliphatic carbocycles. The summed E-state index contributed by atoms with van der Waals surface area (Å²) in [5, 5.41) is 45.9. The van der Waals surface area contributed by atoms with Crippen LogP contribution in [-0.4, -0.2) is 304 Å². The summed E-state index contributed by atoms with van der Waals surface area (Å²) in [4.78, 5) is 0. The molecule has 0 aromatic rings. The largest absolute Gasteiger partial charge is 0.390 e. The lowest BCUT2D eigenvalue weighted by Crippen LogP contribution is -3.09. The molecule has 0 aromatic carbocycles. The summed E-state index contributed by atoms with van der Waals surface area (Å²) >= 11 is 0. The summed E-state index contributed by atoms with van der Waals surface area (Å²) in [5.41, 5.74) is -159. The van der Waals surface area contributed by atoms with Crippen molar-refractivity contribution in [3.63, 3.8) is 0 Å². The number of hydrogen-bond donors (Lipinski definition) is 4. The molecule has 8 nitrogen and oxygen atoms in total. The van der Waals surface area contributed by atoms with Gasteiger partial charge < -0.3 is 39.4 Å². The van der Waals surface area contributed by atoms with Gasteiger partial charge in [-0.05, 0) is 0 Å². The van der Waals surface area contributed by atoms with Gasteiger partial charge in [0.05, 0.1) is 56.3 Å². The molecule has 0 saturated heterocycles. The van der Waals surface area contributed by atoms with Gasteiger partial charge in [-0.2, -0.15) is 176 Å². The summed E-state index contributed by atoms with van der Waals surface area (Å²) < 4.78 is 972. The van der Waals surface area contributed by atoms with Crippen LogP contribution in [0.1, 0.15) is 0 Å². The highest BCUT2D eigenvalue weighted by Gasteiger charge is 3.29. The molecule has 68 heteroatoms. The quantitative estimate of drug-likeness (QED) is 0.113. The van der Waals surface area contributed by atoms with Crippen LogP contribution < -0.4 is 0 Å². The third kappa shape index (κ3) is 5.91. The van der Waals surface area contributed by atoms with Crippen molar-refractivity contribution in [2.24, 2.45) is 5.41 Å². The summed E-state index contributed by atoms with van der Waals surface area (Å²) in [5.74, 6) is -228. The van der Waals surface area contributed by atoms with E-state index in [-0.39, 0.29) is 0 Å². The van der Waals surface area contributed by atoms with Crippen LogP contribution in [0, 0.1) is 5.41 Å². The smallest absolute Gasteiger partial charge is 0.339 e. The molecule has 117 heavy (non-hydrogen) atoms. The first-order valence-corrected chi connectivity index (χ1v) is 29.1. The second-order valence-electron chi connectivity index (χ2n) is 28.7. The minimum atomic E-state index is -9.59. The fourth-order valence-electron chi connectivity index (χ4n) is 18.7. The third-order valence-electron chi connectivity index (χ3n) is 24.9. The Kier molecular flexibility index (Phi) is 15.6. The van der Waals surface area contributed by atoms with Gasteiger partial charge in [0.15, 0.2) is 0 Å². The molecule has 4 unspecified atom stereocenters. The van der Waals surface area contributed by atoms with Crippen molar-refractivity contribution >= 4 is 0 Å². The van der Waals surface area contributed by atoms with Gasteiger partial charge in [-0.15, -0.1) is 0 Å². The molecule has 4 N–H and O–H groups in total. The Bertz CT molecular complexity index is 3440. The number of ether oxygens (including phenoxy) is 4. The van der Waals surface area contributed by atoms with Crippen LogP contribution in [-0.2, 0) is 18.9 Å². The van der Waals surface area contributed by atoms with Crippen molar-refractivity contribution in [3.05, 3.63) is 0 Å². The third-order valence-corrected chi connectivity index (χ3v) is 24.9. The summed E-state index contributed by atoms with van der Waals surface area (Å²) in [6.45, 7) is -22.7. The van der Waals surface area contributed by atoms with Crippen LogP contribution in [0.15, 0.2) is 0 Å². The monoisotopic (exact) mass is 1870 g/mol. The first-order chi connectivity index (χ1) is 50.5. The van der Waals surface area contributed by atoms with Crippen molar-refractivity contribution in [3.8, 4) is 0 Å². The molecule has 4 atom stereocenters. The number of alkyl halides is 60. The Morgan fingerprint density at radius 3 is 0.282 bits per heavy atom. The molecule has 0 radical (unpaired) electrons. The highest BCUT2D eigenvalue weighted by atomic mass is 19.4. The molecule has 0 spiro atoms. The van der Waals surface area contributed by atoms with Crippen molar-refractivity contribution in [1.82, 2.24) is 0 Å². The lowest BCUT2D eigenvalue weighted by Gasteiger charge is -2.74. The molecule has 0 aliphatic heterocycles. The van der Waals surface area contributed by atoms with Crippen molar-refractivity contribution < 1.29 is 303 Å². The number of rotatable bonds is 16. The standard InChI is InChI=1S/C49H16F60O8/c50-10-26(66,67)11(51)32(78,79)18(58,30(10,74)75)46(106,19(59,31(10,76)77)33(11,80)81)114-1-5(110)9(6(111)2-115-47(107)20(60)34(82,83)12(52)27(68,69)13(53,36(20,86)87)37(88,89)21(47,61)35(12,84)85,7(112)3-116-48(108)22(62)38(90,91)14(54)28(70,71)15(55,40(22,94)95)41(96,97)23(48,63)39(14,92)93)8(113)4-117-49(109)24(64)42(98,99)16(56)29(72,73)17(57,44(24,102)103)45(104,105)25(49,65)43(16,100)101/h5-8,110-113H,1-4H2. The summed E-state index contributed by atoms with van der Waals surface area (Å²) in [7, 11) is 0. The predicted molar refractivity (Wildman–Crippen MR) is 226 cm³/mol. The molecule has 0 amide bonds. The molecule has 0 aromatic heterocycles. The van der Waals surface area contributed by atoms with Crippen LogP contribution in [0.3, 0.4) is 0 Å². The average molecular weight is 1870 g/mol. The zero-order valence-electron chi connectivity index (χ0n) is 51.7. The molecule has 16 rings (SSSR count). The van der Waals surface area contributed by atoms with E-state index in [0.29, 0.717) is 0 Å². The van der Waals surface area contributed by atoms with E-state index in [0.717, 1.165) is 0 Å². The normalized spacial score (nSPS) is 54.4. The predicted octanol–water partition coefficient (Wildman–Crippen LogP) is 14.3. The minimum Gasteiger partial charge on any atom is -0.390 e. The zero-order valence-corrected chi connectivity index (χ0v) is 51.7.